The molecular formula is C27H39N7O5S2. The van der Waals surface area contributed by atoms with E-state index in [0.29, 0.717) is 31.3 Å². The smallest absolute Gasteiger partial charge is 0.224 e. The van der Waals surface area contributed by atoms with E-state index in [-0.39, 0.29) is 24.2 Å². The molecule has 41 heavy (non-hydrogen) atoms. The van der Waals surface area contributed by atoms with Gasteiger partial charge in [-0.3, -0.25) is 4.98 Å². The van der Waals surface area contributed by atoms with Crippen LogP contribution < -0.4 is 15.4 Å². The SMILES string of the molecule is COCCNc1nc(C)c(-c2nc3c(C)nccc3s2)c(N[C@@H]2C[C@H](C(C)(C)NS(C)(=O)=O)[C@H]3OC(C)(C)O[C@H]32)n1. The van der Waals surface area contributed by atoms with Crippen LogP contribution in [0.25, 0.3) is 20.8 Å². The second kappa shape index (κ2) is 11.0. The van der Waals surface area contributed by atoms with E-state index >= 15 is 0 Å². The first-order valence-electron chi connectivity index (χ1n) is 13.6. The van der Waals surface area contributed by atoms with Crippen molar-refractivity contribution in [1.29, 1.82) is 0 Å². The lowest BCUT2D eigenvalue weighted by molar-refractivity contribution is -0.159. The van der Waals surface area contributed by atoms with Gasteiger partial charge in [0, 0.05) is 31.3 Å². The Morgan fingerprint density at radius 3 is 2.56 bits per heavy atom. The molecule has 4 heterocycles. The molecule has 0 bridgehead atoms. The molecule has 0 unspecified atom stereocenters. The summed E-state index contributed by atoms with van der Waals surface area (Å²) in [6.07, 6.45) is 2.91. The van der Waals surface area contributed by atoms with Crippen LogP contribution in [-0.4, -0.2) is 84.4 Å². The van der Waals surface area contributed by atoms with Gasteiger partial charge in [-0.2, -0.15) is 4.98 Å². The lowest BCUT2D eigenvalue weighted by Crippen LogP contribution is -2.52. The molecule has 0 aromatic carbocycles. The number of fused-ring (bicyclic) bond motifs is 2. The van der Waals surface area contributed by atoms with Gasteiger partial charge in [0.15, 0.2) is 5.79 Å². The number of nitrogens with one attached hydrogen (secondary N) is 3. The standard InChI is InChI=1S/C27H39N7O5S2/c1-14-19(24-32-20-15(2)28-10-9-18(20)40-24)23(33-25(30-14)29-11-12-37-7)31-17-13-16(26(3,4)34-41(8,35)36)21-22(17)39-27(5,6)38-21/h9-10,16-17,21-22,34H,11-13H2,1-8H3,(H2,29,30,31,33)/t16-,17+,21+,22-/m0/s1. The highest BCUT2D eigenvalue weighted by molar-refractivity contribution is 7.88. The molecule has 1 saturated carbocycles. The fourth-order valence-electron chi connectivity index (χ4n) is 5.92. The largest absolute Gasteiger partial charge is 0.383 e. The number of methoxy groups -OCH3 is 1. The first-order valence-corrected chi connectivity index (χ1v) is 16.3. The van der Waals surface area contributed by atoms with Crippen LogP contribution in [0, 0.1) is 19.8 Å². The van der Waals surface area contributed by atoms with Gasteiger partial charge in [0.05, 0.1) is 46.7 Å². The highest BCUT2D eigenvalue weighted by atomic mass is 32.2. The summed E-state index contributed by atoms with van der Waals surface area (Å²) in [5.74, 6) is 0.111. The molecule has 4 atom stereocenters. The van der Waals surface area contributed by atoms with E-state index in [0.717, 1.165) is 32.2 Å². The number of aryl methyl sites for hydroxylation is 2. The van der Waals surface area contributed by atoms with Crippen molar-refractivity contribution in [3.63, 3.8) is 0 Å². The van der Waals surface area contributed by atoms with Gasteiger partial charge in [0.2, 0.25) is 16.0 Å². The van der Waals surface area contributed by atoms with E-state index in [9.17, 15) is 8.42 Å². The minimum Gasteiger partial charge on any atom is -0.383 e. The predicted octanol–water partition coefficient (Wildman–Crippen LogP) is 3.47. The third kappa shape index (κ3) is 6.32. The zero-order chi connectivity index (χ0) is 29.7. The van der Waals surface area contributed by atoms with E-state index < -0.39 is 21.3 Å². The zero-order valence-electron chi connectivity index (χ0n) is 24.7. The van der Waals surface area contributed by atoms with Crippen molar-refractivity contribution >= 4 is 43.3 Å². The van der Waals surface area contributed by atoms with Crippen LogP contribution in [0.4, 0.5) is 11.8 Å². The van der Waals surface area contributed by atoms with Crippen molar-refractivity contribution in [2.24, 2.45) is 5.92 Å². The summed E-state index contributed by atoms with van der Waals surface area (Å²) in [5.41, 5.74) is 2.50. The summed E-state index contributed by atoms with van der Waals surface area (Å²) in [6, 6.07) is 1.74. The van der Waals surface area contributed by atoms with Crippen LogP contribution in [0.15, 0.2) is 12.3 Å². The number of hydrogen-bond acceptors (Lipinski definition) is 12. The van der Waals surface area contributed by atoms with Gasteiger partial charge in [-0.25, -0.2) is 23.1 Å². The normalized spacial score (nSPS) is 24.1. The lowest BCUT2D eigenvalue weighted by atomic mass is 9.85. The summed E-state index contributed by atoms with van der Waals surface area (Å²) in [7, 11) is -1.81. The van der Waals surface area contributed by atoms with Gasteiger partial charge >= 0.3 is 0 Å². The van der Waals surface area contributed by atoms with E-state index in [1.54, 1.807) is 24.6 Å². The summed E-state index contributed by atoms with van der Waals surface area (Å²) in [4.78, 5) is 19.0. The molecule has 12 nitrogen and oxygen atoms in total. The minimum absolute atomic E-state index is 0.164. The molecule has 3 aromatic heterocycles. The number of hydrogen-bond donors (Lipinski definition) is 3. The van der Waals surface area contributed by atoms with E-state index in [4.69, 9.17) is 29.2 Å². The van der Waals surface area contributed by atoms with E-state index in [2.05, 4.69) is 20.3 Å². The van der Waals surface area contributed by atoms with Crippen molar-refractivity contribution in [2.45, 2.75) is 77.5 Å². The molecule has 14 heteroatoms. The Bertz CT molecular complexity index is 1540. The number of aromatic nitrogens is 4. The molecular weight excluding hydrogens is 566 g/mol. The molecule has 3 N–H and O–H groups in total. The second-order valence-electron chi connectivity index (χ2n) is 11.8. The molecule has 5 rings (SSSR count). The zero-order valence-corrected chi connectivity index (χ0v) is 26.4. The molecule has 0 amide bonds. The Kier molecular flexibility index (Phi) is 8.02. The van der Waals surface area contributed by atoms with Crippen LogP contribution in [-0.2, 0) is 24.2 Å². The van der Waals surface area contributed by atoms with Crippen LogP contribution in [0.3, 0.4) is 0 Å². The molecule has 3 aromatic rings. The van der Waals surface area contributed by atoms with Gasteiger partial charge in [0.25, 0.3) is 0 Å². The van der Waals surface area contributed by atoms with Crippen LogP contribution in [0.1, 0.15) is 45.5 Å². The third-order valence-electron chi connectivity index (χ3n) is 7.55. The van der Waals surface area contributed by atoms with Crippen LogP contribution in [0.5, 0.6) is 0 Å². The summed E-state index contributed by atoms with van der Waals surface area (Å²) in [5, 5.41) is 7.68. The number of ether oxygens (including phenoxy) is 3. The highest BCUT2D eigenvalue weighted by Crippen LogP contribution is 2.47. The minimum atomic E-state index is -3.45. The van der Waals surface area contributed by atoms with Gasteiger partial charge < -0.3 is 24.8 Å². The summed E-state index contributed by atoms with van der Waals surface area (Å²) < 4.78 is 46.3. The maximum Gasteiger partial charge on any atom is 0.224 e. The number of rotatable bonds is 10. The second-order valence-corrected chi connectivity index (χ2v) is 14.6. The maximum atomic E-state index is 12.2. The third-order valence-corrected chi connectivity index (χ3v) is 9.48. The first kappa shape index (κ1) is 30.0. The summed E-state index contributed by atoms with van der Waals surface area (Å²) in [6.45, 7) is 12.5. The van der Waals surface area contributed by atoms with Crippen LogP contribution in [0.2, 0.25) is 0 Å². The Morgan fingerprint density at radius 1 is 1.15 bits per heavy atom. The number of nitrogens with zero attached hydrogens (tertiary/aromatic N) is 4. The van der Waals surface area contributed by atoms with Crippen molar-refractivity contribution in [2.75, 3.05) is 37.2 Å². The Labute approximate surface area is 245 Å². The predicted molar refractivity (Wildman–Crippen MR) is 160 cm³/mol. The Morgan fingerprint density at radius 2 is 1.88 bits per heavy atom. The number of pyridine rings is 1. The van der Waals surface area contributed by atoms with Crippen molar-refractivity contribution in [1.82, 2.24) is 24.7 Å². The van der Waals surface area contributed by atoms with Crippen molar-refractivity contribution in [3.05, 3.63) is 23.7 Å². The van der Waals surface area contributed by atoms with Gasteiger partial charge in [0.1, 0.15) is 22.4 Å². The fourth-order valence-corrected chi connectivity index (χ4v) is 8.14. The number of anilines is 2. The molecule has 0 radical (unpaired) electrons. The van der Waals surface area contributed by atoms with Gasteiger partial charge in [-0.05, 0) is 54.0 Å². The first-order chi connectivity index (χ1) is 19.2. The molecule has 1 saturated heterocycles. The van der Waals surface area contributed by atoms with Crippen LogP contribution >= 0.6 is 11.3 Å². The Hall–Kier alpha value is -2.49. The quantitative estimate of drug-likeness (QED) is 0.292. The number of sulfonamides is 1. The van der Waals surface area contributed by atoms with E-state index in [1.807, 2.05) is 47.6 Å². The van der Waals surface area contributed by atoms with Gasteiger partial charge in [-0.15, -0.1) is 11.3 Å². The molecule has 2 aliphatic rings. The Balaban J connectivity index is 1.55. The van der Waals surface area contributed by atoms with Crippen molar-refractivity contribution in [3.8, 4) is 10.6 Å². The lowest BCUT2D eigenvalue weighted by Gasteiger charge is -2.35. The molecule has 0 spiro atoms. The maximum absolute atomic E-state index is 12.2. The van der Waals surface area contributed by atoms with Crippen molar-refractivity contribution < 1.29 is 22.6 Å². The topological polar surface area (TPSA) is 149 Å². The summed E-state index contributed by atoms with van der Waals surface area (Å²) >= 11 is 1.56. The molecule has 1 aliphatic heterocycles. The molecule has 2 fully saturated rings. The highest BCUT2D eigenvalue weighted by Gasteiger charge is 2.58. The molecule has 224 valence electrons. The molecule has 1 aliphatic carbocycles. The number of thiazole rings is 1. The monoisotopic (exact) mass is 605 g/mol. The fraction of sp³-hybridized carbons (Fsp3) is 0.630. The van der Waals surface area contributed by atoms with E-state index in [1.165, 1.54) is 6.26 Å². The average Bonchev–Trinajstić information content (AvgIpc) is 3.50. The van der Waals surface area contributed by atoms with Gasteiger partial charge in [-0.1, -0.05) is 0 Å². The average molecular weight is 606 g/mol.